The van der Waals surface area contributed by atoms with Crippen LogP contribution in [0.25, 0.3) is 0 Å². The molecule has 0 aliphatic carbocycles. The molecule has 0 spiro atoms. The normalized spacial score (nSPS) is 14.5. The molecule has 0 fully saturated rings. The molecule has 0 aromatic heterocycles. The highest BCUT2D eigenvalue weighted by atomic mass is 35.5. The molecule has 0 saturated heterocycles. The van der Waals surface area contributed by atoms with Crippen LogP contribution in [0.1, 0.15) is 24.1 Å². The van der Waals surface area contributed by atoms with Crippen LogP contribution in [0.3, 0.4) is 0 Å². The molecule has 4 nitrogen and oxygen atoms in total. The number of nitrogen functional groups attached to an aromatic ring is 1. The molecule has 108 valence electrons. The number of carbonyl (C=O) groups is 1. The highest BCUT2D eigenvalue weighted by Crippen LogP contribution is 2.33. The first-order chi connectivity index (χ1) is 10.0. The maximum Gasteiger partial charge on any atom is 0.228 e. The molecule has 5 heteroatoms. The lowest BCUT2D eigenvalue weighted by molar-refractivity contribution is -0.115. The van der Waals surface area contributed by atoms with E-state index in [4.69, 9.17) is 17.3 Å². The SMILES string of the molecule is CC(Nc1cc2c(cc1N)CC(=O)N2)c1ccc(Cl)cc1. The van der Waals surface area contributed by atoms with Gasteiger partial charge in [0.15, 0.2) is 0 Å². The Hall–Kier alpha value is -2.20. The Morgan fingerprint density at radius 1 is 1.29 bits per heavy atom. The molecular weight excluding hydrogens is 286 g/mol. The zero-order valence-corrected chi connectivity index (χ0v) is 12.4. The van der Waals surface area contributed by atoms with Gasteiger partial charge in [0, 0.05) is 16.8 Å². The average Bonchev–Trinajstić information content (AvgIpc) is 2.79. The summed E-state index contributed by atoms with van der Waals surface area (Å²) in [5, 5.41) is 6.92. The van der Waals surface area contributed by atoms with Gasteiger partial charge in [0.05, 0.1) is 17.8 Å². The van der Waals surface area contributed by atoms with Gasteiger partial charge < -0.3 is 16.4 Å². The van der Waals surface area contributed by atoms with Gasteiger partial charge in [-0.15, -0.1) is 0 Å². The summed E-state index contributed by atoms with van der Waals surface area (Å²) < 4.78 is 0. The fourth-order valence-electron chi connectivity index (χ4n) is 2.49. The maximum atomic E-state index is 11.4. The summed E-state index contributed by atoms with van der Waals surface area (Å²) >= 11 is 5.90. The van der Waals surface area contributed by atoms with Gasteiger partial charge in [-0.1, -0.05) is 23.7 Å². The third-order valence-corrected chi connectivity index (χ3v) is 3.89. The number of carbonyl (C=O) groups excluding carboxylic acids is 1. The second kappa shape index (κ2) is 5.30. The van der Waals surface area contributed by atoms with E-state index in [1.165, 1.54) is 0 Å². The quantitative estimate of drug-likeness (QED) is 0.759. The summed E-state index contributed by atoms with van der Waals surface area (Å²) in [7, 11) is 0. The van der Waals surface area contributed by atoms with Crippen molar-refractivity contribution in [2.45, 2.75) is 19.4 Å². The Bertz CT molecular complexity index is 697. The van der Waals surface area contributed by atoms with Crippen molar-refractivity contribution < 1.29 is 4.79 Å². The van der Waals surface area contributed by atoms with E-state index in [1.807, 2.05) is 36.4 Å². The van der Waals surface area contributed by atoms with Crippen LogP contribution in [0.5, 0.6) is 0 Å². The predicted octanol–water partition coefficient (Wildman–Crippen LogP) is 3.59. The van der Waals surface area contributed by atoms with Crippen molar-refractivity contribution in [3.05, 3.63) is 52.5 Å². The van der Waals surface area contributed by atoms with Gasteiger partial charge >= 0.3 is 0 Å². The third-order valence-electron chi connectivity index (χ3n) is 3.64. The number of hydrogen-bond acceptors (Lipinski definition) is 3. The van der Waals surface area contributed by atoms with Crippen molar-refractivity contribution in [1.82, 2.24) is 0 Å². The van der Waals surface area contributed by atoms with Crippen molar-refractivity contribution in [3.8, 4) is 0 Å². The van der Waals surface area contributed by atoms with Crippen LogP contribution in [0.4, 0.5) is 17.1 Å². The van der Waals surface area contributed by atoms with Crippen molar-refractivity contribution in [2.24, 2.45) is 0 Å². The van der Waals surface area contributed by atoms with Gasteiger partial charge in [0.25, 0.3) is 0 Å². The monoisotopic (exact) mass is 301 g/mol. The number of rotatable bonds is 3. The van der Waals surface area contributed by atoms with Gasteiger partial charge in [0.1, 0.15) is 0 Å². The molecule has 1 atom stereocenters. The lowest BCUT2D eigenvalue weighted by Crippen LogP contribution is -2.09. The number of fused-ring (bicyclic) bond motifs is 1. The van der Waals surface area contributed by atoms with E-state index < -0.39 is 0 Å². The van der Waals surface area contributed by atoms with E-state index in [-0.39, 0.29) is 11.9 Å². The Balaban J connectivity index is 1.83. The van der Waals surface area contributed by atoms with E-state index in [0.717, 1.165) is 22.5 Å². The molecule has 1 heterocycles. The summed E-state index contributed by atoms with van der Waals surface area (Å²) in [5.41, 5.74) is 10.4. The fourth-order valence-corrected chi connectivity index (χ4v) is 2.61. The smallest absolute Gasteiger partial charge is 0.228 e. The van der Waals surface area contributed by atoms with Gasteiger partial charge in [-0.25, -0.2) is 0 Å². The molecule has 3 rings (SSSR count). The Kier molecular flexibility index (Phi) is 3.47. The lowest BCUT2D eigenvalue weighted by Gasteiger charge is -2.18. The number of hydrogen-bond donors (Lipinski definition) is 3. The first-order valence-electron chi connectivity index (χ1n) is 6.77. The van der Waals surface area contributed by atoms with Crippen molar-refractivity contribution in [2.75, 3.05) is 16.4 Å². The zero-order valence-electron chi connectivity index (χ0n) is 11.6. The van der Waals surface area contributed by atoms with E-state index in [1.54, 1.807) is 0 Å². The topological polar surface area (TPSA) is 67.1 Å². The molecule has 1 unspecified atom stereocenters. The largest absolute Gasteiger partial charge is 0.397 e. The second-order valence-electron chi connectivity index (χ2n) is 5.24. The fraction of sp³-hybridized carbons (Fsp3) is 0.188. The highest BCUT2D eigenvalue weighted by Gasteiger charge is 2.19. The lowest BCUT2D eigenvalue weighted by atomic mass is 10.1. The van der Waals surface area contributed by atoms with Crippen LogP contribution in [0, 0.1) is 0 Å². The number of benzene rings is 2. The summed E-state index contributed by atoms with van der Waals surface area (Å²) in [6.07, 6.45) is 0.395. The Morgan fingerprint density at radius 2 is 2.00 bits per heavy atom. The molecule has 2 aromatic carbocycles. The number of amides is 1. The van der Waals surface area contributed by atoms with Crippen LogP contribution in [0.2, 0.25) is 5.02 Å². The van der Waals surface area contributed by atoms with Crippen molar-refractivity contribution >= 4 is 34.6 Å². The zero-order chi connectivity index (χ0) is 15.0. The summed E-state index contributed by atoms with van der Waals surface area (Å²) in [5.74, 6) is 0.00676. The van der Waals surface area contributed by atoms with Gasteiger partial charge in [-0.3, -0.25) is 4.79 Å². The minimum absolute atomic E-state index is 0.00676. The van der Waals surface area contributed by atoms with Gasteiger partial charge in [0.2, 0.25) is 5.91 Å². The van der Waals surface area contributed by atoms with Crippen molar-refractivity contribution in [1.29, 1.82) is 0 Å². The average molecular weight is 302 g/mol. The molecule has 2 aromatic rings. The molecule has 0 saturated carbocycles. The molecule has 21 heavy (non-hydrogen) atoms. The minimum atomic E-state index is 0.00676. The van der Waals surface area contributed by atoms with Crippen LogP contribution < -0.4 is 16.4 Å². The van der Waals surface area contributed by atoms with Crippen LogP contribution in [-0.4, -0.2) is 5.91 Å². The number of halogens is 1. The summed E-state index contributed by atoms with van der Waals surface area (Å²) in [4.78, 5) is 11.4. The molecule has 1 aliphatic rings. The van der Waals surface area contributed by atoms with Crippen LogP contribution in [-0.2, 0) is 11.2 Å². The van der Waals surface area contributed by atoms with E-state index in [9.17, 15) is 4.79 Å². The second-order valence-corrected chi connectivity index (χ2v) is 5.68. The van der Waals surface area contributed by atoms with E-state index in [2.05, 4.69) is 17.6 Å². The maximum absolute atomic E-state index is 11.4. The van der Waals surface area contributed by atoms with E-state index >= 15 is 0 Å². The first-order valence-corrected chi connectivity index (χ1v) is 7.15. The molecule has 4 N–H and O–H groups in total. The van der Waals surface area contributed by atoms with Crippen molar-refractivity contribution in [3.63, 3.8) is 0 Å². The Morgan fingerprint density at radius 3 is 2.71 bits per heavy atom. The Labute approximate surface area is 128 Å². The molecule has 0 bridgehead atoms. The molecule has 1 aliphatic heterocycles. The molecule has 0 radical (unpaired) electrons. The summed E-state index contributed by atoms with van der Waals surface area (Å²) in [6.45, 7) is 2.05. The van der Waals surface area contributed by atoms with Crippen LogP contribution >= 0.6 is 11.6 Å². The standard InChI is InChI=1S/C16H16ClN3O/c1-9(10-2-4-12(17)5-3-10)19-15-8-14-11(6-13(15)18)7-16(21)20-14/h2-6,8-9,19H,7,18H2,1H3,(H,20,21). The molecule has 1 amide bonds. The highest BCUT2D eigenvalue weighted by molar-refractivity contribution is 6.30. The molecular formula is C16H16ClN3O. The predicted molar refractivity (Wildman–Crippen MR) is 86.7 cm³/mol. The number of nitrogens with two attached hydrogens (primary N) is 1. The van der Waals surface area contributed by atoms with Gasteiger partial charge in [-0.05, 0) is 42.3 Å². The van der Waals surface area contributed by atoms with Gasteiger partial charge in [-0.2, -0.15) is 0 Å². The number of nitrogens with one attached hydrogen (secondary N) is 2. The third kappa shape index (κ3) is 2.81. The summed E-state index contributed by atoms with van der Waals surface area (Å²) in [6, 6.07) is 11.5. The minimum Gasteiger partial charge on any atom is -0.397 e. The first kappa shape index (κ1) is 13.8. The number of anilines is 3. The van der Waals surface area contributed by atoms with E-state index in [0.29, 0.717) is 17.1 Å². The van der Waals surface area contributed by atoms with Crippen LogP contribution in [0.15, 0.2) is 36.4 Å².